The van der Waals surface area contributed by atoms with E-state index in [0.29, 0.717) is 12.1 Å². The molecule has 0 saturated carbocycles. The summed E-state index contributed by atoms with van der Waals surface area (Å²) in [7, 11) is 0. The fourth-order valence-corrected chi connectivity index (χ4v) is 4.76. The summed E-state index contributed by atoms with van der Waals surface area (Å²) in [4.78, 5) is 26.1. The van der Waals surface area contributed by atoms with Crippen LogP contribution in [0.5, 0.6) is 0 Å². The van der Waals surface area contributed by atoms with Crippen LogP contribution >= 0.6 is 11.3 Å². The van der Waals surface area contributed by atoms with Gasteiger partial charge in [-0.3, -0.25) is 4.79 Å². The van der Waals surface area contributed by atoms with Crippen molar-refractivity contribution in [3.8, 4) is 10.4 Å². The number of benzene rings is 2. The maximum atomic E-state index is 12.5. The second-order valence-corrected chi connectivity index (χ2v) is 8.83. The molecule has 0 unspecified atom stereocenters. The Morgan fingerprint density at radius 1 is 1.00 bits per heavy atom. The van der Waals surface area contributed by atoms with Crippen molar-refractivity contribution < 1.29 is 4.79 Å². The standard InChI is InChI=1S/C26H29N5OS/c1-4-31(5-2)16-15-27-25(32)20-11-13-21(14-12-20)30-24-22-17-23(19-9-7-6-8-10-19)33-26(22)29-18(3)28-24/h6-14,17H,4-5,15-16H2,1-3H3,(H,27,32)(H,28,29,30). The highest BCUT2D eigenvalue weighted by Crippen LogP contribution is 2.36. The van der Waals surface area contributed by atoms with E-state index < -0.39 is 0 Å². The van der Waals surface area contributed by atoms with Crippen molar-refractivity contribution in [2.24, 2.45) is 0 Å². The monoisotopic (exact) mass is 459 g/mol. The van der Waals surface area contributed by atoms with Crippen molar-refractivity contribution in [3.63, 3.8) is 0 Å². The molecule has 170 valence electrons. The van der Waals surface area contributed by atoms with Crippen LogP contribution in [-0.4, -0.2) is 47.0 Å². The molecule has 33 heavy (non-hydrogen) atoms. The SMILES string of the molecule is CCN(CC)CCNC(=O)c1ccc(Nc2nc(C)nc3sc(-c4ccccc4)cc23)cc1. The molecule has 4 rings (SSSR count). The molecule has 6 nitrogen and oxygen atoms in total. The van der Waals surface area contributed by atoms with E-state index >= 15 is 0 Å². The summed E-state index contributed by atoms with van der Waals surface area (Å²) in [6, 6.07) is 19.9. The van der Waals surface area contributed by atoms with Crippen LogP contribution in [0.2, 0.25) is 0 Å². The largest absolute Gasteiger partial charge is 0.351 e. The smallest absolute Gasteiger partial charge is 0.251 e. The molecule has 2 aromatic carbocycles. The van der Waals surface area contributed by atoms with E-state index in [1.807, 2.05) is 49.4 Å². The van der Waals surface area contributed by atoms with Crippen molar-refractivity contribution >= 4 is 39.0 Å². The molecule has 0 spiro atoms. The van der Waals surface area contributed by atoms with Gasteiger partial charge in [-0.05, 0) is 55.9 Å². The van der Waals surface area contributed by atoms with Crippen LogP contribution in [0.1, 0.15) is 30.0 Å². The number of thiophene rings is 1. The number of amides is 1. The van der Waals surface area contributed by atoms with Gasteiger partial charge in [-0.25, -0.2) is 9.97 Å². The van der Waals surface area contributed by atoms with Gasteiger partial charge in [0.15, 0.2) is 0 Å². The van der Waals surface area contributed by atoms with Gasteiger partial charge in [0.2, 0.25) is 0 Å². The average molecular weight is 460 g/mol. The molecule has 0 atom stereocenters. The van der Waals surface area contributed by atoms with Gasteiger partial charge in [-0.15, -0.1) is 11.3 Å². The Hall–Kier alpha value is -3.29. The molecule has 2 N–H and O–H groups in total. The molecular formula is C26H29N5OS. The van der Waals surface area contributed by atoms with Crippen LogP contribution in [0, 0.1) is 6.92 Å². The van der Waals surface area contributed by atoms with Crippen molar-refractivity contribution in [3.05, 3.63) is 72.1 Å². The summed E-state index contributed by atoms with van der Waals surface area (Å²) in [5.74, 6) is 1.43. The molecule has 4 aromatic rings. The van der Waals surface area contributed by atoms with Crippen LogP contribution < -0.4 is 10.6 Å². The maximum absolute atomic E-state index is 12.5. The fraction of sp³-hybridized carbons (Fsp3) is 0.269. The highest BCUT2D eigenvalue weighted by Gasteiger charge is 2.12. The van der Waals surface area contributed by atoms with E-state index in [2.05, 4.69) is 57.5 Å². The fourth-order valence-electron chi connectivity index (χ4n) is 3.68. The van der Waals surface area contributed by atoms with Gasteiger partial charge in [0.25, 0.3) is 5.91 Å². The Bertz CT molecular complexity index is 1220. The topological polar surface area (TPSA) is 70.2 Å². The Morgan fingerprint density at radius 3 is 2.42 bits per heavy atom. The highest BCUT2D eigenvalue weighted by molar-refractivity contribution is 7.21. The molecule has 0 aliphatic rings. The van der Waals surface area contributed by atoms with Gasteiger partial charge in [0, 0.05) is 29.2 Å². The van der Waals surface area contributed by atoms with Crippen molar-refractivity contribution in [1.82, 2.24) is 20.2 Å². The van der Waals surface area contributed by atoms with E-state index in [0.717, 1.165) is 52.1 Å². The second kappa shape index (κ2) is 10.6. The molecule has 0 aliphatic carbocycles. The quantitative estimate of drug-likeness (QED) is 0.347. The minimum Gasteiger partial charge on any atom is -0.351 e. The molecular weight excluding hydrogens is 430 g/mol. The average Bonchev–Trinajstić information content (AvgIpc) is 3.27. The Balaban J connectivity index is 1.48. The third-order valence-corrected chi connectivity index (χ3v) is 6.66. The lowest BCUT2D eigenvalue weighted by atomic mass is 10.1. The number of likely N-dealkylation sites (N-methyl/N-ethyl adjacent to an activating group) is 1. The van der Waals surface area contributed by atoms with Gasteiger partial charge in [-0.2, -0.15) is 0 Å². The summed E-state index contributed by atoms with van der Waals surface area (Å²) < 4.78 is 0. The van der Waals surface area contributed by atoms with Crippen LogP contribution in [0.25, 0.3) is 20.7 Å². The number of aromatic nitrogens is 2. The van der Waals surface area contributed by atoms with Gasteiger partial charge in [0.05, 0.1) is 5.39 Å². The van der Waals surface area contributed by atoms with Crippen molar-refractivity contribution in [1.29, 1.82) is 0 Å². The Kier molecular flexibility index (Phi) is 7.32. The lowest BCUT2D eigenvalue weighted by Gasteiger charge is -2.18. The molecule has 0 aliphatic heterocycles. The number of nitrogens with zero attached hydrogens (tertiary/aromatic N) is 3. The summed E-state index contributed by atoms with van der Waals surface area (Å²) in [5.41, 5.74) is 2.69. The third-order valence-electron chi connectivity index (χ3n) is 5.58. The van der Waals surface area contributed by atoms with Crippen molar-refractivity contribution in [2.75, 3.05) is 31.5 Å². The van der Waals surface area contributed by atoms with Gasteiger partial charge in [-0.1, -0.05) is 44.2 Å². The van der Waals surface area contributed by atoms with E-state index in [1.54, 1.807) is 11.3 Å². The Labute approximate surface area is 198 Å². The van der Waals surface area contributed by atoms with Gasteiger partial charge < -0.3 is 15.5 Å². The minimum absolute atomic E-state index is 0.0562. The lowest BCUT2D eigenvalue weighted by molar-refractivity contribution is 0.0949. The molecule has 0 saturated heterocycles. The zero-order chi connectivity index (χ0) is 23.2. The molecule has 0 bridgehead atoms. The number of aryl methyl sites for hydroxylation is 1. The third kappa shape index (κ3) is 5.56. The summed E-state index contributed by atoms with van der Waals surface area (Å²) >= 11 is 1.66. The van der Waals surface area contributed by atoms with E-state index in [-0.39, 0.29) is 5.91 Å². The first-order valence-corrected chi connectivity index (χ1v) is 12.1. The number of carbonyl (C=O) groups is 1. The first kappa shape index (κ1) is 22.9. The minimum atomic E-state index is -0.0562. The summed E-state index contributed by atoms with van der Waals surface area (Å²) in [6.07, 6.45) is 0. The molecule has 0 radical (unpaired) electrons. The Morgan fingerprint density at radius 2 is 1.73 bits per heavy atom. The number of fused-ring (bicyclic) bond motifs is 1. The first-order chi connectivity index (χ1) is 16.1. The summed E-state index contributed by atoms with van der Waals surface area (Å²) in [5, 5.41) is 7.39. The predicted molar refractivity (Wildman–Crippen MR) is 137 cm³/mol. The van der Waals surface area contributed by atoms with E-state index in [4.69, 9.17) is 0 Å². The van der Waals surface area contributed by atoms with Crippen LogP contribution in [-0.2, 0) is 0 Å². The van der Waals surface area contributed by atoms with Gasteiger partial charge >= 0.3 is 0 Å². The number of carbonyl (C=O) groups excluding carboxylic acids is 1. The number of rotatable bonds is 9. The van der Waals surface area contributed by atoms with E-state index in [9.17, 15) is 4.79 Å². The molecule has 0 fully saturated rings. The second-order valence-electron chi connectivity index (χ2n) is 7.80. The van der Waals surface area contributed by atoms with Crippen LogP contribution in [0.4, 0.5) is 11.5 Å². The van der Waals surface area contributed by atoms with Crippen molar-refractivity contribution in [2.45, 2.75) is 20.8 Å². The van der Waals surface area contributed by atoms with Crippen LogP contribution in [0.3, 0.4) is 0 Å². The predicted octanol–water partition coefficient (Wildman–Crippen LogP) is 5.48. The zero-order valence-electron chi connectivity index (χ0n) is 19.3. The normalized spacial score (nSPS) is 11.2. The number of hydrogen-bond acceptors (Lipinski definition) is 6. The molecule has 2 aromatic heterocycles. The number of hydrogen-bond donors (Lipinski definition) is 2. The maximum Gasteiger partial charge on any atom is 0.251 e. The first-order valence-electron chi connectivity index (χ1n) is 11.3. The molecule has 2 heterocycles. The molecule has 1 amide bonds. The zero-order valence-corrected chi connectivity index (χ0v) is 20.1. The highest BCUT2D eigenvalue weighted by atomic mass is 32.1. The van der Waals surface area contributed by atoms with Gasteiger partial charge in [0.1, 0.15) is 16.5 Å². The van der Waals surface area contributed by atoms with E-state index in [1.165, 1.54) is 5.56 Å². The number of nitrogens with one attached hydrogen (secondary N) is 2. The van der Waals surface area contributed by atoms with Crippen LogP contribution in [0.15, 0.2) is 60.7 Å². The lowest BCUT2D eigenvalue weighted by Crippen LogP contribution is -2.34. The number of anilines is 2. The summed E-state index contributed by atoms with van der Waals surface area (Å²) in [6.45, 7) is 9.62. The molecule has 7 heteroatoms.